The molecule has 3 atom stereocenters. The van der Waals surface area contributed by atoms with Gasteiger partial charge in [0.05, 0.1) is 19.8 Å². The van der Waals surface area contributed by atoms with Gasteiger partial charge in [0.25, 0.3) is 0 Å². The third-order valence-electron chi connectivity index (χ3n) is 9.76. The molecule has 3 N–H and O–H groups in total. The van der Waals surface area contributed by atoms with Crippen molar-refractivity contribution in [3.05, 3.63) is 0 Å². The van der Waals surface area contributed by atoms with E-state index >= 15 is 0 Å². The molecule has 1 radical (unpaired) electrons. The zero-order chi connectivity index (χ0) is 39.1. The first kappa shape index (κ1) is 56.1. The molecule has 0 bridgehead atoms. The maximum absolute atomic E-state index is 12.6. The first-order valence-corrected chi connectivity index (χ1v) is 23.5. The number of carbonyl (C=O) groups is 2. The molecule has 0 heterocycles. The van der Waals surface area contributed by atoms with Gasteiger partial charge in [-0.1, -0.05) is 194 Å². The standard InChI is InChI=1S/C42H83O10P.Na/c1-3-5-7-9-11-13-15-17-19-21-23-25-27-29-31-33-41(45)49-37-40(38-51-53(47,48)50-36-39(44)35-43)52-42(46)34-32-30-28-26-24-22-20-18-16-14-12-10-8-6-4-2;/h39-40,43-44H,3-38H2,1-2H3,(H,47,48);/t39?,40-;/m1./s1. The first-order chi connectivity index (χ1) is 25.7. The molecule has 0 rings (SSSR count). The summed E-state index contributed by atoms with van der Waals surface area (Å²) in [5.41, 5.74) is 0. The Labute approximate surface area is 353 Å². The van der Waals surface area contributed by atoms with Crippen molar-refractivity contribution in [2.24, 2.45) is 0 Å². The summed E-state index contributed by atoms with van der Waals surface area (Å²) < 4.78 is 32.7. The number of carbonyl (C=O) groups excluding carboxylic acids is 2. The number of rotatable bonds is 42. The van der Waals surface area contributed by atoms with Crippen LogP contribution >= 0.6 is 7.82 Å². The van der Waals surface area contributed by atoms with Gasteiger partial charge in [0.2, 0.25) is 0 Å². The summed E-state index contributed by atoms with van der Waals surface area (Å²) in [5.74, 6) is -0.909. The quantitative estimate of drug-likeness (QED) is 0.0236. The molecule has 0 aliphatic carbocycles. The third-order valence-corrected chi connectivity index (χ3v) is 10.7. The van der Waals surface area contributed by atoms with Crippen LogP contribution in [0.15, 0.2) is 0 Å². The van der Waals surface area contributed by atoms with Crippen molar-refractivity contribution in [3.8, 4) is 0 Å². The van der Waals surface area contributed by atoms with Crippen molar-refractivity contribution in [2.45, 2.75) is 232 Å². The van der Waals surface area contributed by atoms with E-state index in [9.17, 15) is 24.2 Å². The molecule has 0 saturated heterocycles. The van der Waals surface area contributed by atoms with Gasteiger partial charge in [-0.25, -0.2) is 4.57 Å². The number of phosphoric ester groups is 1. The number of aliphatic hydroxyl groups excluding tert-OH is 2. The molecule has 0 spiro atoms. The summed E-state index contributed by atoms with van der Waals surface area (Å²) in [6, 6.07) is 0. The largest absolute Gasteiger partial charge is 0.472 e. The van der Waals surface area contributed by atoms with Crippen LogP contribution in [-0.4, -0.2) is 95.2 Å². The van der Waals surface area contributed by atoms with Gasteiger partial charge in [-0.05, 0) is 12.8 Å². The zero-order valence-corrected chi connectivity index (χ0v) is 38.2. The minimum atomic E-state index is -4.61. The van der Waals surface area contributed by atoms with Gasteiger partial charge < -0.3 is 24.6 Å². The Balaban J connectivity index is 0. The molecule has 317 valence electrons. The summed E-state index contributed by atoms with van der Waals surface area (Å²) in [4.78, 5) is 35.0. The molecular formula is C42H83NaO10P. The third kappa shape index (κ3) is 41.6. The van der Waals surface area contributed by atoms with Crippen LogP contribution in [0.1, 0.15) is 219 Å². The van der Waals surface area contributed by atoms with Gasteiger partial charge >= 0.3 is 19.8 Å². The molecular weight excluding hydrogens is 718 g/mol. The average molecular weight is 802 g/mol. The van der Waals surface area contributed by atoms with E-state index in [4.69, 9.17) is 23.6 Å². The van der Waals surface area contributed by atoms with Gasteiger partial charge in [-0.2, -0.15) is 0 Å². The van der Waals surface area contributed by atoms with Gasteiger partial charge in [0.1, 0.15) is 12.7 Å². The minimum absolute atomic E-state index is 0. The second-order valence-electron chi connectivity index (χ2n) is 15.1. The van der Waals surface area contributed by atoms with Crippen LogP contribution in [0.5, 0.6) is 0 Å². The van der Waals surface area contributed by atoms with Crippen molar-refractivity contribution >= 4 is 49.3 Å². The van der Waals surface area contributed by atoms with Crippen molar-refractivity contribution in [3.63, 3.8) is 0 Å². The molecule has 0 aliphatic heterocycles. The van der Waals surface area contributed by atoms with Crippen LogP contribution in [0.4, 0.5) is 0 Å². The monoisotopic (exact) mass is 802 g/mol. The Bertz CT molecular complexity index is 865. The Hall–Kier alpha value is -0.0300. The molecule has 0 aliphatic rings. The molecule has 10 nitrogen and oxygen atoms in total. The van der Waals surface area contributed by atoms with E-state index in [0.29, 0.717) is 12.8 Å². The summed E-state index contributed by atoms with van der Waals surface area (Å²) in [5, 5.41) is 18.3. The predicted molar refractivity (Wildman–Crippen MR) is 221 cm³/mol. The molecule has 2 unspecified atom stereocenters. The van der Waals surface area contributed by atoms with E-state index in [1.54, 1.807) is 0 Å². The topological polar surface area (TPSA) is 149 Å². The van der Waals surface area contributed by atoms with Crippen LogP contribution in [0, 0.1) is 0 Å². The molecule has 0 amide bonds. The first-order valence-electron chi connectivity index (χ1n) is 22.0. The molecule has 54 heavy (non-hydrogen) atoms. The van der Waals surface area contributed by atoms with E-state index in [0.717, 1.165) is 32.1 Å². The fourth-order valence-electron chi connectivity index (χ4n) is 6.35. The van der Waals surface area contributed by atoms with E-state index in [1.165, 1.54) is 148 Å². The second kappa shape index (κ2) is 42.6. The van der Waals surface area contributed by atoms with Crippen LogP contribution in [0.3, 0.4) is 0 Å². The number of hydrogen-bond acceptors (Lipinski definition) is 9. The van der Waals surface area contributed by atoms with Crippen molar-refractivity contribution in [1.82, 2.24) is 0 Å². The number of unbranched alkanes of at least 4 members (excludes halogenated alkanes) is 28. The Morgan fingerprint density at radius 3 is 1.17 bits per heavy atom. The number of hydrogen-bond donors (Lipinski definition) is 3. The van der Waals surface area contributed by atoms with Crippen LogP contribution in [0.2, 0.25) is 0 Å². The zero-order valence-electron chi connectivity index (χ0n) is 35.3. The van der Waals surface area contributed by atoms with E-state index in [1.807, 2.05) is 0 Å². The van der Waals surface area contributed by atoms with Crippen molar-refractivity contribution in [1.29, 1.82) is 0 Å². The van der Waals surface area contributed by atoms with Crippen molar-refractivity contribution < 1.29 is 47.8 Å². The van der Waals surface area contributed by atoms with E-state index in [-0.39, 0.29) is 49.0 Å². The van der Waals surface area contributed by atoms with Gasteiger partial charge in [0.15, 0.2) is 6.10 Å². The second-order valence-corrected chi connectivity index (χ2v) is 16.5. The molecule has 0 saturated carbocycles. The number of esters is 2. The Morgan fingerprint density at radius 2 is 0.815 bits per heavy atom. The van der Waals surface area contributed by atoms with Gasteiger partial charge in [-0.15, -0.1) is 0 Å². The van der Waals surface area contributed by atoms with Crippen LogP contribution in [0.25, 0.3) is 0 Å². The maximum Gasteiger partial charge on any atom is 0.472 e. The molecule has 0 fully saturated rings. The van der Waals surface area contributed by atoms with E-state index in [2.05, 4.69) is 13.8 Å². The summed E-state index contributed by atoms with van der Waals surface area (Å²) in [6.45, 7) is 2.42. The number of ether oxygens (including phenoxy) is 2. The molecule has 0 aromatic heterocycles. The normalized spacial score (nSPS) is 13.6. The summed E-state index contributed by atoms with van der Waals surface area (Å²) >= 11 is 0. The van der Waals surface area contributed by atoms with Gasteiger partial charge in [-0.3, -0.25) is 18.6 Å². The number of aliphatic hydroxyl groups is 2. The molecule has 12 heteroatoms. The molecule has 0 aromatic carbocycles. The van der Waals surface area contributed by atoms with Crippen LogP contribution < -0.4 is 0 Å². The Morgan fingerprint density at radius 1 is 0.500 bits per heavy atom. The summed E-state index contributed by atoms with van der Waals surface area (Å²) in [7, 11) is -4.61. The Kier molecular flexibility index (Phi) is 44.2. The van der Waals surface area contributed by atoms with Gasteiger partial charge in [0, 0.05) is 42.4 Å². The fourth-order valence-corrected chi connectivity index (χ4v) is 7.14. The predicted octanol–water partition coefficient (Wildman–Crippen LogP) is 11.1. The summed E-state index contributed by atoms with van der Waals surface area (Å²) in [6.07, 6.45) is 34.9. The van der Waals surface area contributed by atoms with Crippen molar-refractivity contribution in [2.75, 3.05) is 26.4 Å². The fraction of sp³-hybridized carbons (Fsp3) is 0.952. The molecule has 0 aromatic rings. The minimum Gasteiger partial charge on any atom is -0.462 e. The SMILES string of the molecule is CCCCCCCCCCCCCCCCCC(=O)OC[C@H](COP(=O)(O)OCC(O)CO)OC(=O)CCCCCCCCCCCCCCCCC.[Na]. The van der Waals surface area contributed by atoms with Crippen LogP contribution in [-0.2, 0) is 32.7 Å². The average Bonchev–Trinajstić information content (AvgIpc) is 3.14. The smallest absolute Gasteiger partial charge is 0.462 e. The van der Waals surface area contributed by atoms with E-state index < -0.39 is 51.8 Å². The number of phosphoric acid groups is 1. The maximum atomic E-state index is 12.6.